The first-order valence-electron chi connectivity index (χ1n) is 10.9. The Hall–Kier alpha value is -2.28. The summed E-state index contributed by atoms with van der Waals surface area (Å²) in [6, 6.07) is 4.79. The van der Waals surface area contributed by atoms with E-state index in [0.717, 1.165) is 47.6 Å². The predicted octanol–water partition coefficient (Wildman–Crippen LogP) is 3.28. The number of aromatic nitrogens is 2. The maximum absolute atomic E-state index is 12.4. The highest BCUT2D eigenvalue weighted by Crippen LogP contribution is 2.40. The average Bonchev–Trinajstić information content (AvgIpc) is 3.17. The number of methoxy groups -OCH3 is 2. The third-order valence-electron chi connectivity index (χ3n) is 6.36. The van der Waals surface area contributed by atoms with Crippen LogP contribution in [0.15, 0.2) is 12.1 Å². The molecule has 3 heterocycles. The zero-order valence-electron chi connectivity index (χ0n) is 18.7. The summed E-state index contributed by atoms with van der Waals surface area (Å²) in [5.41, 5.74) is 1.54. The lowest BCUT2D eigenvalue weighted by Crippen LogP contribution is -2.51. The van der Waals surface area contributed by atoms with E-state index in [1.54, 1.807) is 14.2 Å². The lowest BCUT2D eigenvalue weighted by molar-refractivity contribution is -0.125. The SMILES string of the molecule is COc1ccc(OC)c2[nH]c(CC3CC4CCC(C3)N4CC(=O)NC(C)(C)C)nc12. The molecule has 1 aromatic heterocycles. The van der Waals surface area contributed by atoms with E-state index in [0.29, 0.717) is 24.5 Å². The molecule has 2 fully saturated rings. The van der Waals surface area contributed by atoms with Gasteiger partial charge in [0.05, 0.1) is 20.8 Å². The number of benzene rings is 1. The van der Waals surface area contributed by atoms with E-state index in [1.165, 1.54) is 12.8 Å². The summed E-state index contributed by atoms with van der Waals surface area (Å²) < 4.78 is 11.0. The topological polar surface area (TPSA) is 79.5 Å². The number of hydrogen-bond acceptors (Lipinski definition) is 5. The van der Waals surface area contributed by atoms with Crippen LogP contribution >= 0.6 is 0 Å². The quantitative estimate of drug-likeness (QED) is 0.758. The van der Waals surface area contributed by atoms with Crippen molar-refractivity contribution in [2.24, 2.45) is 5.92 Å². The summed E-state index contributed by atoms with van der Waals surface area (Å²) >= 11 is 0. The van der Waals surface area contributed by atoms with Crippen molar-refractivity contribution >= 4 is 16.9 Å². The molecule has 7 heteroatoms. The van der Waals surface area contributed by atoms with E-state index < -0.39 is 0 Å². The molecule has 0 aliphatic carbocycles. The molecule has 2 atom stereocenters. The van der Waals surface area contributed by atoms with Crippen LogP contribution in [-0.4, -0.2) is 59.2 Å². The zero-order valence-corrected chi connectivity index (χ0v) is 18.7. The summed E-state index contributed by atoms with van der Waals surface area (Å²) in [6.07, 6.45) is 5.52. The number of rotatable bonds is 6. The van der Waals surface area contributed by atoms with Crippen LogP contribution in [0.2, 0.25) is 0 Å². The normalized spacial score (nSPS) is 24.2. The minimum absolute atomic E-state index is 0.134. The third kappa shape index (κ3) is 4.26. The molecule has 0 saturated carbocycles. The van der Waals surface area contributed by atoms with Crippen molar-refractivity contribution in [2.45, 2.75) is 70.5 Å². The van der Waals surface area contributed by atoms with E-state index >= 15 is 0 Å². The summed E-state index contributed by atoms with van der Waals surface area (Å²) in [5.74, 6) is 3.23. The summed E-state index contributed by atoms with van der Waals surface area (Å²) in [4.78, 5) is 23.2. The van der Waals surface area contributed by atoms with Crippen molar-refractivity contribution in [3.05, 3.63) is 18.0 Å². The molecule has 2 N–H and O–H groups in total. The molecule has 2 bridgehead atoms. The van der Waals surface area contributed by atoms with Crippen molar-refractivity contribution in [1.29, 1.82) is 0 Å². The minimum Gasteiger partial charge on any atom is -0.494 e. The highest BCUT2D eigenvalue weighted by atomic mass is 16.5. The summed E-state index contributed by atoms with van der Waals surface area (Å²) in [6.45, 7) is 6.60. The monoisotopic (exact) mass is 414 g/mol. The van der Waals surface area contributed by atoms with Gasteiger partial charge >= 0.3 is 0 Å². The van der Waals surface area contributed by atoms with Crippen LogP contribution in [0.3, 0.4) is 0 Å². The number of H-pyrrole nitrogens is 1. The molecular weight excluding hydrogens is 380 g/mol. The van der Waals surface area contributed by atoms with Crippen LogP contribution in [0, 0.1) is 5.92 Å². The summed E-state index contributed by atoms with van der Waals surface area (Å²) in [7, 11) is 3.34. The van der Waals surface area contributed by atoms with Gasteiger partial charge in [0.15, 0.2) is 0 Å². The molecule has 2 unspecified atom stereocenters. The average molecular weight is 415 g/mol. The molecule has 7 nitrogen and oxygen atoms in total. The highest BCUT2D eigenvalue weighted by Gasteiger charge is 2.41. The molecule has 0 spiro atoms. The molecule has 2 saturated heterocycles. The first-order chi connectivity index (χ1) is 14.3. The molecule has 4 rings (SSSR count). The van der Waals surface area contributed by atoms with E-state index in [4.69, 9.17) is 14.5 Å². The number of aromatic amines is 1. The lowest BCUT2D eigenvalue weighted by Gasteiger charge is -2.38. The van der Waals surface area contributed by atoms with Crippen molar-refractivity contribution in [1.82, 2.24) is 20.2 Å². The number of carbonyl (C=O) groups excluding carboxylic acids is 1. The Morgan fingerprint density at radius 3 is 2.40 bits per heavy atom. The number of fused-ring (bicyclic) bond motifs is 3. The van der Waals surface area contributed by atoms with Gasteiger partial charge < -0.3 is 19.8 Å². The standard InChI is InChI=1S/C23H34N4O3/c1-23(2,3)26-20(28)13-27-15-6-7-16(27)11-14(10-15)12-19-24-21-17(29-4)8-9-18(30-5)22(21)25-19/h8-9,14-16H,6-7,10-13H2,1-5H3,(H,24,25)(H,26,28). The molecule has 2 aliphatic rings. The lowest BCUT2D eigenvalue weighted by atomic mass is 9.88. The molecule has 2 aromatic rings. The second-order valence-corrected chi connectivity index (χ2v) is 9.77. The van der Waals surface area contributed by atoms with Gasteiger partial charge in [-0.05, 0) is 64.5 Å². The van der Waals surface area contributed by atoms with Crippen molar-refractivity contribution in [2.75, 3.05) is 20.8 Å². The smallest absolute Gasteiger partial charge is 0.234 e. The van der Waals surface area contributed by atoms with E-state index in [9.17, 15) is 4.79 Å². The predicted molar refractivity (Wildman–Crippen MR) is 117 cm³/mol. The second kappa shape index (κ2) is 8.10. The van der Waals surface area contributed by atoms with Crippen molar-refractivity contribution in [3.63, 3.8) is 0 Å². The molecule has 164 valence electrons. The maximum Gasteiger partial charge on any atom is 0.234 e. The third-order valence-corrected chi connectivity index (χ3v) is 6.36. The van der Waals surface area contributed by atoms with Crippen LogP contribution in [-0.2, 0) is 11.2 Å². The number of hydrogen-bond donors (Lipinski definition) is 2. The van der Waals surface area contributed by atoms with Crippen molar-refractivity contribution in [3.8, 4) is 11.5 Å². The molecule has 30 heavy (non-hydrogen) atoms. The second-order valence-electron chi connectivity index (χ2n) is 9.77. The number of nitrogens with one attached hydrogen (secondary N) is 2. The van der Waals surface area contributed by atoms with Crippen LogP contribution in [0.25, 0.3) is 11.0 Å². The number of imidazole rings is 1. The van der Waals surface area contributed by atoms with Gasteiger partial charge in [-0.25, -0.2) is 4.98 Å². The van der Waals surface area contributed by atoms with E-state index in [1.807, 2.05) is 32.9 Å². The van der Waals surface area contributed by atoms with Crippen LogP contribution in [0.4, 0.5) is 0 Å². The van der Waals surface area contributed by atoms with Gasteiger partial charge in [0.25, 0.3) is 0 Å². The molecular formula is C23H34N4O3. The van der Waals surface area contributed by atoms with E-state index in [-0.39, 0.29) is 11.4 Å². The van der Waals surface area contributed by atoms with Gasteiger partial charge in [-0.1, -0.05) is 0 Å². The van der Waals surface area contributed by atoms with Gasteiger partial charge in [-0.2, -0.15) is 0 Å². The van der Waals surface area contributed by atoms with Crippen LogP contribution < -0.4 is 14.8 Å². The number of nitrogens with zero attached hydrogens (tertiary/aromatic N) is 2. The zero-order chi connectivity index (χ0) is 21.5. The van der Waals surface area contributed by atoms with Crippen molar-refractivity contribution < 1.29 is 14.3 Å². The number of carbonyl (C=O) groups is 1. The Bertz CT molecular complexity index is 862. The van der Waals surface area contributed by atoms with E-state index in [2.05, 4.69) is 15.2 Å². The molecule has 0 radical (unpaired) electrons. The van der Waals surface area contributed by atoms with Crippen LogP contribution in [0.1, 0.15) is 52.3 Å². The van der Waals surface area contributed by atoms with Crippen LogP contribution in [0.5, 0.6) is 11.5 Å². The maximum atomic E-state index is 12.4. The fourth-order valence-electron chi connectivity index (χ4n) is 5.23. The van der Waals surface area contributed by atoms with Gasteiger partial charge in [0.2, 0.25) is 5.91 Å². The minimum atomic E-state index is -0.183. The fraction of sp³-hybridized carbons (Fsp3) is 0.652. The Labute approximate surface area is 178 Å². The Balaban J connectivity index is 1.44. The molecule has 1 amide bonds. The Morgan fingerprint density at radius 1 is 1.17 bits per heavy atom. The highest BCUT2D eigenvalue weighted by molar-refractivity contribution is 5.87. The fourth-order valence-corrected chi connectivity index (χ4v) is 5.23. The summed E-state index contributed by atoms with van der Waals surface area (Å²) in [5, 5.41) is 3.10. The van der Waals surface area contributed by atoms with Gasteiger partial charge in [0, 0.05) is 24.0 Å². The number of amides is 1. The first kappa shape index (κ1) is 21.0. The molecule has 1 aromatic carbocycles. The van der Waals surface area contributed by atoms with Gasteiger partial charge in [-0.15, -0.1) is 0 Å². The van der Waals surface area contributed by atoms with Gasteiger partial charge in [-0.3, -0.25) is 9.69 Å². The number of ether oxygens (including phenoxy) is 2. The van der Waals surface area contributed by atoms with Gasteiger partial charge in [0.1, 0.15) is 28.4 Å². The molecule has 2 aliphatic heterocycles. The Morgan fingerprint density at radius 2 is 1.80 bits per heavy atom. The largest absolute Gasteiger partial charge is 0.494 e. The Kier molecular flexibility index (Phi) is 5.66. The number of piperidine rings is 1. The first-order valence-corrected chi connectivity index (χ1v) is 10.9.